The molecule has 0 radical (unpaired) electrons. The zero-order chi connectivity index (χ0) is 14.2. The van der Waals surface area contributed by atoms with Gasteiger partial charge in [0.05, 0.1) is 6.04 Å². The molecule has 2 atom stereocenters. The van der Waals surface area contributed by atoms with Gasteiger partial charge in [-0.25, -0.2) is 0 Å². The Bertz CT molecular complexity index is 580. The Balaban J connectivity index is 2.04. The predicted octanol–water partition coefficient (Wildman–Crippen LogP) is 4.34. The Morgan fingerprint density at radius 1 is 0.900 bits per heavy atom. The first-order valence-corrected chi connectivity index (χ1v) is 7.44. The molecule has 0 bridgehead atoms. The molecule has 0 fully saturated rings. The van der Waals surface area contributed by atoms with Crippen molar-refractivity contribution in [3.63, 3.8) is 0 Å². The van der Waals surface area contributed by atoms with E-state index in [4.69, 9.17) is 0 Å². The SMILES string of the molecule is CC(C)(C)[C@H]1Cc2ccccc2[C@@H](c2ccccc2)N1. The molecule has 0 unspecified atom stereocenters. The molecule has 2 aromatic carbocycles. The summed E-state index contributed by atoms with van der Waals surface area (Å²) >= 11 is 0. The highest BCUT2D eigenvalue weighted by Gasteiger charge is 2.33. The molecule has 104 valence electrons. The Kier molecular flexibility index (Phi) is 3.39. The van der Waals surface area contributed by atoms with Gasteiger partial charge in [-0.15, -0.1) is 0 Å². The first kappa shape index (κ1) is 13.4. The van der Waals surface area contributed by atoms with Crippen LogP contribution in [0.15, 0.2) is 54.6 Å². The molecule has 2 aromatic rings. The maximum absolute atomic E-state index is 3.87. The van der Waals surface area contributed by atoms with Gasteiger partial charge in [-0.05, 0) is 28.5 Å². The Morgan fingerprint density at radius 3 is 2.25 bits per heavy atom. The van der Waals surface area contributed by atoms with Crippen molar-refractivity contribution in [2.75, 3.05) is 0 Å². The third-order valence-electron chi connectivity index (χ3n) is 4.34. The lowest BCUT2D eigenvalue weighted by Gasteiger charge is -2.40. The van der Waals surface area contributed by atoms with E-state index in [9.17, 15) is 0 Å². The molecule has 1 heterocycles. The molecule has 0 amide bonds. The highest BCUT2D eigenvalue weighted by molar-refractivity contribution is 5.40. The minimum atomic E-state index is 0.264. The van der Waals surface area contributed by atoms with Crippen LogP contribution >= 0.6 is 0 Å². The molecule has 0 spiro atoms. The van der Waals surface area contributed by atoms with E-state index in [0.29, 0.717) is 12.1 Å². The van der Waals surface area contributed by atoms with E-state index in [2.05, 4.69) is 80.7 Å². The molecule has 1 heteroatoms. The Morgan fingerprint density at radius 2 is 1.55 bits per heavy atom. The van der Waals surface area contributed by atoms with E-state index in [1.54, 1.807) is 0 Å². The van der Waals surface area contributed by atoms with Crippen LogP contribution in [0.5, 0.6) is 0 Å². The molecule has 1 nitrogen and oxygen atoms in total. The van der Waals surface area contributed by atoms with Gasteiger partial charge >= 0.3 is 0 Å². The number of hydrogen-bond acceptors (Lipinski definition) is 1. The number of nitrogens with one attached hydrogen (secondary N) is 1. The lowest BCUT2D eigenvalue weighted by Crippen LogP contribution is -2.47. The predicted molar refractivity (Wildman–Crippen MR) is 84.8 cm³/mol. The van der Waals surface area contributed by atoms with Gasteiger partial charge in [0, 0.05) is 6.04 Å². The standard InChI is InChI=1S/C19H23N/c1-19(2,3)17-13-15-11-7-8-12-16(15)18(20-17)14-9-5-4-6-10-14/h4-12,17-18,20H,13H2,1-3H3/t17-,18-/m1/s1. The molecular weight excluding hydrogens is 242 g/mol. The fourth-order valence-electron chi connectivity index (χ4n) is 3.05. The van der Waals surface area contributed by atoms with Crippen LogP contribution in [0.2, 0.25) is 0 Å². The van der Waals surface area contributed by atoms with Gasteiger partial charge in [-0.1, -0.05) is 75.4 Å². The van der Waals surface area contributed by atoms with Crippen molar-refractivity contribution >= 4 is 0 Å². The zero-order valence-electron chi connectivity index (χ0n) is 12.6. The van der Waals surface area contributed by atoms with Gasteiger partial charge in [-0.2, -0.15) is 0 Å². The van der Waals surface area contributed by atoms with Crippen molar-refractivity contribution in [1.29, 1.82) is 0 Å². The summed E-state index contributed by atoms with van der Waals surface area (Å²) in [6.45, 7) is 6.96. The fraction of sp³-hybridized carbons (Fsp3) is 0.368. The Labute approximate surface area is 122 Å². The zero-order valence-corrected chi connectivity index (χ0v) is 12.6. The second-order valence-electron chi connectivity index (χ2n) is 6.83. The van der Waals surface area contributed by atoms with Crippen molar-refractivity contribution < 1.29 is 0 Å². The molecule has 0 saturated heterocycles. The van der Waals surface area contributed by atoms with E-state index in [0.717, 1.165) is 6.42 Å². The van der Waals surface area contributed by atoms with E-state index in [1.165, 1.54) is 16.7 Å². The number of fused-ring (bicyclic) bond motifs is 1. The number of rotatable bonds is 1. The summed E-state index contributed by atoms with van der Waals surface area (Å²) in [7, 11) is 0. The molecule has 3 rings (SSSR count). The van der Waals surface area contributed by atoms with Crippen LogP contribution in [0.1, 0.15) is 43.5 Å². The third kappa shape index (κ3) is 2.51. The van der Waals surface area contributed by atoms with Crippen LogP contribution in [-0.4, -0.2) is 6.04 Å². The monoisotopic (exact) mass is 265 g/mol. The number of benzene rings is 2. The van der Waals surface area contributed by atoms with E-state index >= 15 is 0 Å². The van der Waals surface area contributed by atoms with Gasteiger partial charge in [-0.3, -0.25) is 0 Å². The van der Waals surface area contributed by atoms with Gasteiger partial charge in [0.1, 0.15) is 0 Å². The molecule has 1 N–H and O–H groups in total. The fourth-order valence-corrected chi connectivity index (χ4v) is 3.05. The molecule has 0 saturated carbocycles. The summed E-state index contributed by atoms with van der Waals surface area (Å²) in [4.78, 5) is 0. The highest BCUT2D eigenvalue weighted by atomic mass is 15.0. The topological polar surface area (TPSA) is 12.0 Å². The Hall–Kier alpha value is -1.60. The van der Waals surface area contributed by atoms with Gasteiger partial charge in [0.15, 0.2) is 0 Å². The van der Waals surface area contributed by atoms with E-state index < -0.39 is 0 Å². The van der Waals surface area contributed by atoms with Gasteiger partial charge in [0.25, 0.3) is 0 Å². The van der Waals surface area contributed by atoms with Crippen LogP contribution in [0, 0.1) is 5.41 Å². The second-order valence-corrected chi connectivity index (χ2v) is 6.83. The molecule has 1 aliphatic heterocycles. The minimum absolute atomic E-state index is 0.264. The first-order valence-electron chi connectivity index (χ1n) is 7.44. The van der Waals surface area contributed by atoms with E-state index in [-0.39, 0.29) is 5.41 Å². The molecular formula is C19H23N. The molecule has 20 heavy (non-hydrogen) atoms. The summed E-state index contributed by atoms with van der Waals surface area (Å²) in [6, 6.07) is 20.4. The molecule has 1 aliphatic rings. The van der Waals surface area contributed by atoms with Crippen LogP contribution < -0.4 is 5.32 Å². The van der Waals surface area contributed by atoms with Gasteiger partial charge < -0.3 is 5.32 Å². The smallest absolute Gasteiger partial charge is 0.0581 e. The quantitative estimate of drug-likeness (QED) is 0.809. The molecule has 0 aromatic heterocycles. The highest BCUT2D eigenvalue weighted by Crippen LogP contribution is 2.35. The van der Waals surface area contributed by atoms with Crippen LogP contribution in [0.4, 0.5) is 0 Å². The van der Waals surface area contributed by atoms with Crippen molar-refractivity contribution in [2.45, 2.75) is 39.3 Å². The molecule has 0 aliphatic carbocycles. The van der Waals surface area contributed by atoms with Gasteiger partial charge in [0.2, 0.25) is 0 Å². The summed E-state index contributed by atoms with van der Waals surface area (Å²) in [5.74, 6) is 0. The van der Waals surface area contributed by atoms with Crippen LogP contribution in [-0.2, 0) is 6.42 Å². The average molecular weight is 265 g/mol. The summed E-state index contributed by atoms with van der Waals surface area (Å²) < 4.78 is 0. The summed E-state index contributed by atoms with van der Waals surface area (Å²) in [5.41, 5.74) is 4.54. The third-order valence-corrected chi connectivity index (χ3v) is 4.34. The van der Waals surface area contributed by atoms with Crippen molar-refractivity contribution in [2.24, 2.45) is 5.41 Å². The average Bonchev–Trinajstić information content (AvgIpc) is 2.46. The first-order chi connectivity index (χ1) is 9.55. The normalized spacial score (nSPS) is 22.4. The lowest BCUT2D eigenvalue weighted by molar-refractivity contribution is 0.242. The minimum Gasteiger partial charge on any atom is -0.303 e. The summed E-state index contributed by atoms with van der Waals surface area (Å²) in [5, 5.41) is 3.87. The van der Waals surface area contributed by atoms with Crippen LogP contribution in [0.25, 0.3) is 0 Å². The maximum atomic E-state index is 3.87. The van der Waals surface area contributed by atoms with Crippen molar-refractivity contribution in [1.82, 2.24) is 5.32 Å². The van der Waals surface area contributed by atoms with Crippen LogP contribution in [0.3, 0.4) is 0 Å². The largest absolute Gasteiger partial charge is 0.303 e. The second kappa shape index (κ2) is 5.06. The van der Waals surface area contributed by atoms with Crippen molar-refractivity contribution in [3.05, 3.63) is 71.3 Å². The summed E-state index contributed by atoms with van der Waals surface area (Å²) in [6.07, 6.45) is 1.11. The maximum Gasteiger partial charge on any atom is 0.0581 e. The number of hydrogen-bond donors (Lipinski definition) is 1. The van der Waals surface area contributed by atoms with Crippen molar-refractivity contribution in [3.8, 4) is 0 Å². The lowest BCUT2D eigenvalue weighted by atomic mass is 9.77. The van der Waals surface area contributed by atoms with E-state index in [1.807, 2.05) is 0 Å².